The molecule has 2 nitrogen and oxygen atoms in total. The van der Waals surface area contributed by atoms with Crippen molar-refractivity contribution in [3.63, 3.8) is 0 Å². The van der Waals surface area contributed by atoms with Crippen LogP contribution in [0.2, 0.25) is 5.02 Å². The summed E-state index contributed by atoms with van der Waals surface area (Å²) < 4.78 is 5.57. The van der Waals surface area contributed by atoms with Crippen molar-refractivity contribution in [3.8, 4) is 5.75 Å². The van der Waals surface area contributed by atoms with E-state index in [9.17, 15) is 0 Å². The molecule has 0 saturated carbocycles. The van der Waals surface area contributed by atoms with E-state index < -0.39 is 0 Å². The highest BCUT2D eigenvalue weighted by molar-refractivity contribution is 6.32. The second-order valence-electron chi connectivity index (χ2n) is 3.87. The lowest BCUT2D eigenvalue weighted by Gasteiger charge is -2.19. The van der Waals surface area contributed by atoms with Crippen molar-refractivity contribution in [2.24, 2.45) is 0 Å². The first-order valence-corrected chi connectivity index (χ1v) is 5.78. The molecule has 0 radical (unpaired) electrons. The Morgan fingerprint density at radius 1 is 1.47 bits per heavy atom. The number of ether oxygens (including phenoxy) is 1. The monoisotopic (exact) mass is 225 g/mol. The summed E-state index contributed by atoms with van der Waals surface area (Å²) in [5.74, 6) is 0.899. The third-order valence-corrected chi connectivity index (χ3v) is 2.96. The Bertz CT molecular complexity index is 352. The zero-order valence-corrected chi connectivity index (χ0v) is 9.73. The van der Waals surface area contributed by atoms with Gasteiger partial charge < -0.3 is 10.1 Å². The summed E-state index contributed by atoms with van der Waals surface area (Å²) >= 11 is 6.18. The smallest absolute Gasteiger partial charge is 0.141 e. The molecule has 0 amide bonds. The predicted molar refractivity (Wildman–Crippen MR) is 62.9 cm³/mol. The van der Waals surface area contributed by atoms with Crippen LogP contribution >= 0.6 is 11.6 Å². The first-order valence-electron chi connectivity index (χ1n) is 5.40. The Morgan fingerprint density at radius 3 is 3.13 bits per heavy atom. The molecule has 15 heavy (non-hydrogen) atoms. The predicted octanol–water partition coefficient (Wildman–Crippen LogP) is 2.43. The van der Waals surface area contributed by atoms with Gasteiger partial charge in [-0.05, 0) is 50.0 Å². The van der Waals surface area contributed by atoms with Gasteiger partial charge in [-0.15, -0.1) is 0 Å². The number of halogens is 1. The van der Waals surface area contributed by atoms with Gasteiger partial charge in [-0.25, -0.2) is 0 Å². The summed E-state index contributed by atoms with van der Waals surface area (Å²) in [7, 11) is 1.96. The molecule has 0 spiro atoms. The average molecular weight is 226 g/mol. The molecule has 0 aromatic heterocycles. The fraction of sp³-hybridized carbons (Fsp3) is 0.500. The number of likely N-dealkylation sites (N-methyl/N-ethyl adjacent to an activating group) is 1. The molecule has 0 atom stereocenters. The molecule has 1 aromatic rings. The minimum absolute atomic E-state index is 0.762. The number of nitrogens with one attached hydrogen (secondary N) is 1. The third kappa shape index (κ3) is 2.44. The summed E-state index contributed by atoms with van der Waals surface area (Å²) in [6.07, 6.45) is 3.20. The summed E-state index contributed by atoms with van der Waals surface area (Å²) in [5.41, 5.74) is 2.55. The Labute approximate surface area is 95.6 Å². The highest BCUT2D eigenvalue weighted by Crippen LogP contribution is 2.33. The van der Waals surface area contributed by atoms with Gasteiger partial charge in [-0.2, -0.15) is 0 Å². The SMILES string of the molecule is CNCCc1cc(Cl)c2c(c1)CCCO2. The number of hydrogen-bond donors (Lipinski definition) is 1. The zero-order chi connectivity index (χ0) is 10.7. The quantitative estimate of drug-likeness (QED) is 0.853. The van der Waals surface area contributed by atoms with Gasteiger partial charge in [0.2, 0.25) is 0 Å². The molecule has 1 N–H and O–H groups in total. The Morgan fingerprint density at radius 2 is 2.33 bits per heavy atom. The maximum absolute atomic E-state index is 6.18. The maximum Gasteiger partial charge on any atom is 0.141 e. The molecule has 1 aliphatic heterocycles. The lowest BCUT2D eigenvalue weighted by molar-refractivity contribution is 0.288. The number of hydrogen-bond acceptors (Lipinski definition) is 2. The lowest BCUT2D eigenvalue weighted by Crippen LogP contribution is -2.12. The molecule has 1 heterocycles. The van der Waals surface area contributed by atoms with Gasteiger partial charge in [0, 0.05) is 0 Å². The fourth-order valence-electron chi connectivity index (χ4n) is 1.91. The fourth-order valence-corrected chi connectivity index (χ4v) is 2.23. The first kappa shape index (κ1) is 10.8. The van der Waals surface area contributed by atoms with Crippen LogP contribution in [0.4, 0.5) is 0 Å². The van der Waals surface area contributed by atoms with E-state index in [2.05, 4.69) is 11.4 Å². The molecule has 1 aliphatic rings. The van der Waals surface area contributed by atoms with Crippen LogP contribution in [0.3, 0.4) is 0 Å². The second-order valence-corrected chi connectivity index (χ2v) is 4.28. The molecule has 82 valence electrons. The minimum atomic E-state index is 0.762. The van der Waals surface area contributed by atoms with E-state index in [1.165, 1.54) is 11.1 Å². The van der Waals surface area contributed by atoms with Crippen molar-refractivity contribution in [1.82, 2.24) is 5.32 Å². The van der Waals surface area contributed by atoms with Crippen molar-refractivity contribution in [3.05, 3.63) is 28.3 Å². The van der Waals surface area contributed by atoms with Crippen molar-refractivity contribution in [2.75, 3.05) is 20.2 Å². The van der Waals surface area contributed by atoms with E-state index in [0.717, 1.165) is 43.2 Å². The van der Waals surface area contributed by atoms with Gasteiger partial charge >= 0.3 is 0 Å². The van der Waals surface area contributed by atoms with Gasteiger partial charge in [0.15, 0.2) is 0 Å². The van der Waals surface area contributed by atoms with E-state index in [1.807, 2.05) is 13.1 Å². The molecule has 0 bridgehead atoms. The molecular formula is C12H16ClNO. The van der Waals surface area contributed by atoms with Crippen LogP contribution in [0.1, 0.15) is 17.5 Å². The Hall–Kier alpha value is -0.730. The first-order chi connectivity index (χ1) is 7.31. The summed E-state index contributed by atoms with van der Waals surface area (Å²) in [5, 5.41) is 3.90. The topological polar surface area (TPSA) is 21.3 Å². The van der Waals surface area contributed by atoms with Gasteiger partial charge in [-0.3, -0.25) is 0 Å². The summed E-state index contributed by atoms with van der Waals surface area (Å²) in [6.45, 7) is 1.78. The Balaban J connectivity index is 2.24. The lowest BCUT2D eigenvalue weighted by atomic mass is 10.0. The number of aryl methyl sites for hydroxylation is 1. The van der Waals surface area contributed by atoms with E-state index in [1.54, 1.807) is 0 Å². The number of rotatable bonds is 3. The van der Waals surface area contributed by atoms with E-state index >= 15 is 0 Å². The van der Waals surface area contributed by atoms with E-state index in [4.69, 9.17) is 16.3 Å². The van der Waals surface area contributed by atoms with Crippen LogP contribution in [-0.2, 0) is 12.8 Å². The van der Waals surface area contributed by atoms with Gasteiger partial charge in [0.05, 0.1) is 11.6 Å². The summed E-state index contributed by atoms with van der Waals surface area (Å²) in [4.78, 5) is 0. The number of fused-ring (bicyclic) bond motifs is 1. The van der Waals surface area contributed by atoms with Crippen LogP contribution in [0, 0.1) is 0 Å². The average Bonchev–Trinajstić information content (AvgIpc) is 2.26. The molecule has 1 aromatic carbocycles. The largest absolute Gasteiger partial charge is 0.492 e. The van der Waals surface area contributed by atoms with Crippen molar-refractivity contribution in [1.29, 1.82) is 0 Å². The van der Waals surface area contributed by atoms with E-state index in [-0.39, 0.29) is 0 Å². The molecule has 3 heteroatoms. The summed E-state index contributed by atoms with van der Waals surface area (Å²) in [6, 6.07) is 4.24. The van der Waals surface area contributed by atoms with Crippen LogP contribution in [0.5, 0.6) is 5.75 Å². The van der Waals surface area contributed by atoms with Crippen LogP contribution in [0.15, 0.2) is 12.1 Å². The Kier molecular flexibility index (Phi) is 3.49. The zero-order valence-electron chi connectivity index (χ0n) is 8.98. The van der Waals surface area contributed by atoms with Gasteiger partial charge in [-0.1, -0.05) is 17.7 Å². The van der Waals surface area contributed by atoms with Crippen LogP contribution in [0.25, 0.3) is 0 Å². The molecule has 0 fully saturated rings. The molecule has 0 saturated heterocycles. The molecule has 0 unspecified atom stereocenters. The van der Waals surface area contributed by atoms with Crippen molar-refractivity contribution in [2.45, 2.75) is 19.3 Å². The third-order valence-electron chi connectivity index (χ3n) is 2.68. The molecule has 2 rings (SSSR count). The van der Waals surface area contributed by atoms with E-state index in [0.29, 0.717) is 0 Å². The normalized spacial score (nSPS) is 14.5. The van der Waals surface area contributed by atoms with Gasteiger partial charge in [0.25, 0.3) is 0 Å². The van der Waals surface area contributed by atoms with Crippen LogP contribution < -0.4 is 10.1 Å². The van der Waals surface area contributed by atoms with Crippen molar-refractivity contribution < 1.29 is 4.74 Å². The second kappa shape index (κ2) is 4.86. The van der Waals surface area contributed by atoms with Crippen LogP contribution in [-0.4, -0.2) is 20.2 Å². The maximum atomic E-state index is 6.18. The highest BCUT2D eigenvalue weighted by Gasteiger charge is 2.14. The van der Waals surface area contributed by atoms with Crippen molar-refractivity contribution >= 4 is 11.6 Å². The van der Waals surface area contributed by atoms with Gasteiger partial charge in [0.1, 0.15) is 5.75 Å². The minimum Gasteiger partial charge on any atom is -0.492 e. The highest BCUT2D eigenvalue weighted by atomic mass is 35.5. The molecular weight excluding hydrogens is 210 g/mol. The molecule has 0 aliphatic carbocycles. The standard InChI is InChI=1S/C12H16ClNO/c1-14-5-4-9-7-10-3-2-6-15-12(10)11(13)8-9/h7-8,14H,2-6H2,1H3. The number of benzene rings is 1.